The molecule has 1 aliphatic rings. The van der Waals surface area contributed by atoms with Crippen molar-refractivity contribution in [3.8, 4) is 0 Å². The average molecular weight is 271 g/mol. The maximum Gasteiger partial charge on any atom is 0.0610 e. The van der Waals surface area contributed by atoms with Gasteiger partial charge in [0.15, 0.2) is 0 Å². The molecule has 3 nitrogen and oxygen atoms in total. The van der Waals surface area contributed by atoms with Crippen molar-refractivity contribution < 1.29 is 9.84 Å². The Hall–Kier alpha value is -0.120. The topological polar surface area (TPSA) is 41.5 Å². The minimum atomic E-state index is -0.110. The van der Waals surface area contributed by atoms with E-state index in [0.717, 1.165) is 38.8 Å². The lowest BCUT2D eigenvalue weighted by molar-refractivity contribution is 0.0251. The maximum atomic E-state index is 9.48. The molecule has 1 fully saturated rings. The molecule has 3 heteroatoms. The fraction of sp³-hybridized carbons (Fsp3) is 1.00. The van der Waals surface area contributed by atoms with E-state index in [1.54, 1.807) is 0 Å². The molecule has 2 N–H and O–H groups in total. The van der Waals surface area contributed by atoms with E-state index >= 15 is 0 Å². The van der Waals surface area contributed by atoms with Crippen molar-refractivity contribution in [3.05, 3.63) is 0 Å². The van der Waals surface area contributed by atoms with Crippen LogP contribution in [0.1, 0.15) is 71.6 Å². The number of unbranched alkanes of at least 4 members (excludes halogenated alkanes) is 1. The van der Waals surface area contributed by atoms with E-state index in [1.807, 2.05) is 0 Å². The molecular weight excluding hydrogens is 238 g/mol. The Labute approximate surface area is 119 Å². The lowest BCUT2D eigenvalue weighted by atomic mass is 9.95. The molecule has 0 radical (unpaired) electrons. The zero-order valence-corrected chi connectivity index (χ0v) is 12.9. The highest BCUT2D eigenvalue weighted by atomic mass is 16.5. The fourth-order valence-electron chi connectivity index (χ4n) is 2.75. The van der Waals surface area contributed by atoms with Crippen LogP contribution in [0.5, 0.6) is 0 Å². The van der Waals surface area contributed by atoms with Crippen molar-refractivity contribution >= 4 is 0 Å². The number of hydrogen-bond donors (Lipinski definition) is 2. The highest BCUT2D eigenvalue weighted by Crippen LogP contribution is 2.21. The summed E-state index contributed by atoms with van der Waals surface area (Å²) in [5.41, 5.74) is -0.110. The molecule has 0 bridgehead atoms. The van der Waals surface area contributed by atoms with Crippen molar-refractivity contribution in [3.63, 3.8) is 0 Å². The average Bonchev–Trinajstić information content (AvgIpc) is 2.46. The van der Waals surface area contributed by atoms with E-state index in [9.17, 15) is 5.11 Å². The minimum absolute atomic E-state index is 0.110. The predicted molar refractivity (Wildman–Crippen MR) is 80.5 cm³/mol. The Kier molecular flexibility index (Phi) is 8.67. The van der Waals surface area contributed by atoms with Gasteiger partial charge in [0.25, 0.3) is 0 Å². The summed E-state index contributed by atoms with van der Waals surface area (Å²) in [7, 11) is 0. The molecule has 0 saturated heterocycles. The van der Waals surface area contributed by atoms with Crippen molar-refractivity contribution in [2.24, 2.45) is 0 Å². The highest BCUT2D eigenvalue weighted by Gasteiger charge is 2.21. The SMILES string of the molecule is CCCNC(C)(CO)CCCCOC1CCCCC1. The van der Waals surface area contributed by atoms with Crippen LogP contribution in [0.3, 0.4) is 0 Å². The second-order valence-electron chi connectivity index (χ2n) is 6.23. The van der Waals surface area contributed by atoms with E-state index in [2.05, 4.69) is 19.2 Å². The predicted octanol–water partition coefficient (Wildman–Crippen LogP) is 3.26. The molecule has 1 atom stereocenters. The van der Waals surface area contributed by atoms with E-state index in [0.29, 0.717) is 6.10 Å². The van der Waals surface area contributed by atoms with Gasteiger partial charge < -0.3 is 15.2 Å². The first-order valence-electron chi connectivity index (χ1n) is 8.17. The smallest absolute Gasteiger partial charge is 0.0610 e. The van der Waals surface area contributed by atoms with E-state index < -0.39 is 0 Å². The molecular formula is C16H33NO2. The third-order valence-corrected chi connectivity index (χ3v) is 4.18. The van der Waals surface area contributed by atoms with Gasteiger partial charge in [-0.3, -0.25) is 0 Å². The summed E-state index contributed by atoms with van der Waals surface area (Å²) in [6, 6.07) is 0. The molecule has 0 spiro atoms. The van der Waals surface area contributed by atoms with Gasteiger partial charge in [-0.25, -0.2) is 0 Å². The highest BCUT2D eigenvalue weighted by molar-refractivity contribution is 4.81. The molecule has 1 rings (SSSR count). The van der Waals surface area contributed by atoms with E-state index in [1.165, 1.54) is 32.1 Å². The molecule has 1 saturated carbocycles. The van der Waals surface area contributed by atoms with E-state index in [4.69, 9.17) is 4.74 Å². The van der Waals surface area contributed by atoms with Crippen LogP contribution in [0, 0.1) is 0 Å². The first-order chi connectivity index (χ1) is 9.20. The van der Waals surface area contributed by atoms with Gasteiger partial charge in [-0.05, 0) is 52.0 Å². The van der Waals surface area contributed by atoms with Crippen LogP contribution < -0.4 is 5.32 Å². The summed E-state index contributed by atoms with van der Waals surface area (Å²) in [5, 5.41) is 12.9. The van der Waals surface area contributed by atoms with Crippen molar-refractivity contribution in [1.82, 2.24) is 5.32 Å². The Bertz CT molecular complexity index is 217. The van der Waals surface area contributed by atoms with Crippen LogP contribution in [-0.2, 0) is 4.74 Å². The van der Waals surface area contributed by atoms with Crippen LogP contribution in [0.2, 0.25) is 0 Å². The normalized spacial score (nSPS) is 20.4. The van der Waals surface area contributed by atoms with Crippen LogP contribution in [0.15, 0.2) is 0 Å². The number of hydrogen-bond acceptors (Lipinski definition) is 3. The van der Waals surface area contributed by atoms with Crippen LogP contribution in [-0.4, -0.2) is 36.5 Å². The number of aliphatic hydroxyl groups is 1. The van der Waals surface area contributed by atoms with Crippen molar-refractivity contribution in [1.29, 1.82) is 0 Å². The summed E-state index contributed by atoms with van der Waals surface area (Å²) in [6.45, 7) is 6.36. The molecule has 0 aromatic carbocycles. The minimum Gasteiger partial charge on any atom is -0.394 e. The Balaban J connectivity index is 2.04. The molecule has 0 aromatic heterocycles. The number of aliphatic hydroxyl groups excluding tert-OH is 1. The van der Waals surface area contributed by atoms with Crippen molar-refractivity contribution in [2.45, 2.75) is 83.3 Å². The fourth-order valence-corrected chi connectivity index (χ4v) is 2.75. The Morgan fingerprint density at radius 3 is 2.58 bits per heavy atom. The Morgan fingerprint density at radius 1 is 1.21 bits per heavy atom. The second kappa shape index (κ2) is 9.73. The lowest BCUT2D eigenvalue weighted by Gasteiger charge is -2.29. The monoisotopic (exact) mass is 271 g/mol. The quantitative estimate of drug-likeness (QED) is 0.599. The number of rotatable bonds is 10. The number of ether oxygens (including phenoxy) is 1. The van der Waals surface area contributed by atoms with E-state index in [-0.39, 0.29) is 12.1 Å². The summed E-state index contributed by atoms with van der Waals surface area (Å²) in [5.74, 6) is 0. The first kappa shape index (κ1) is 16.9. The number of nitrogens with one attached hydrogen (secondary N) is 1. The lowest BCUT2D eigenvalue weighted by Crippen LogP contribution is -2.46. The zero-order valence-electron chi connectivity index (χ0n) is 12.9. The van der Waals surface area contributed by atoms with Gasteiger partial charge in [-0.2, -0.15) is 0 Å². The molecule has 0 heterocycles. The standard InChI is InChI=1S/C16H33NO2/c1-3-12-17-16(2,14-18)11-7-8-13-19-15-9-5-4-6-10-15/h15,17-18H,3-14H2,1-2H3. The van der Waals surface area contributed by atoms with Gasteiger partial charge >= 0.3 is 0 Å². The summed E-state index contributed by atoms with van der Waals surface area (Å²) >= 11 is 0. The Morgan fingerprint density at radius 2 is 1.95 bits per heavy atom. The third-order valence-electron chi connectivity index (χ3n) is 4.18. The summed E-state index contributed by atoms with van der Waals surface area (Å²) in [6.07, 6.45) is 11.5. The van der Waals surface area contributed by atoms with Gasteiger partial charge in [-0.1, -0.05) is 26.2 Å². The summed E-state index contributed by atoms with van der Waals surface area (Å²) in [4.78, 5) is 0. The molecule has 1 unspecified atom stereocenters. The van der Waals surface area contributed by atoms with Gasteiger partial charge in [-0.15, -0.1) is 0 Å². The van der Waals surface area contributed by atoms with Gasteiger partial charge in [0.2, 0.25) is 0 Å². The van der Waals surface area contributed by atoms with Gasteiger partial charge in [0, 0.05) is 12.1 Å². The second-order valence-corrected chi connectivity index (χ2v) is 6.23. The maximum absolute atomic E-state index is 9.48. The van der Waals surface area contributed by atoms with Gasteiger partial charge in [0.1, 0.15) is 0 Å². The molecule has 1 aliphatic carbocycles. The third kappa shape index (κ3) is 7.28. The zero-order chi connectivity index (χ0) is 14.0. The molecule has 0 aromatic rings. The molecule has 0 aliphatic heterocycles. The molecule has 19 heavy (non-hydrogen) atoms. The van der Waals surface area contributed by atoms with Crippen LogP contribution in [0.4, 0.5) is 0 Å². The summed E-state index contributed by atoms with van der Waals surface area (Å²) < 4.78 is 5.93. The van der Waals surface area contributed by atoms with Gasteiger partial charge in [0.05, 0.1) is 12.7 Å². The molecule has 114 valence electrons. The van der Waals surface area contributed by atoms with Crippen LogP contribution >= 0.6 is 0 Å². The largest absolute Gasteiger partial charge is 0.394 e. The molecule has 0 amide bonds. The first-order valence-corrected chi connectivity index (χ1v) is 8.17. The van der Waals surface area contributed by atoms with Crippen LogP contribution in [0.25, 0.3) is 0 Å². The van der Waals surface area contributed by atoms with Crippen molar-refractivity contribution in [2.75, 3.05) is 19.8 Å².